The first kappa shape index (κ1) is 16.3. The summed E-state index contributed by atoms with van der Waals surface area (Å²) in [6, 6.07) is 9.66. The molecule has 24 heavy (non-hydrogen) atoms. The molecule has 2 aromatic carbocycles. The average molecular weight is 348 g/mol. The van der Waals surface area contributed by atoms with Crippen molar-refractivity contribution in [1.29, 1.82) is 0 Å². The molecule has 0 aliphatic carbocycles. The van der Waals surface area contributed by atoms with Crippen LogP contribution in [0.5, 0.6) is 5.75 Å². The van der Waals surface area contributed by atoms with E-state index < -0.39 is 15.8 Å². The van der Waals surface area contributed by atoms with Crippen LogP contribution in [0.15, 0.2) is 50.5 Å². The fraction of sp³-hybridized carbons (Fsp3) is 0.188. The Morgan fingerprint density at radius 3 is 2.71 bits per heavy atom. The number of benzene rings is 2. The third-order valence-corrected chi connectivity index (χ3v) is 5.03. The van der Waals surface area contributed by atoms with Crippen molar-refractivity contribution in [2.45, 2.75) is 18.4 Å². The highest BCUT2D eigenvalue weighted by Gasteiger charge is 2.16. The number of fused-ring (bicyclic) bond motifs is 1. The number of sulfonamides is 1. The molecular formula is C16H16N2O5S. The topological polar surface area (TPSA) is 101 Å². The normalized spacial score (nSPS) is 11.8. The smallest absolute Gasteiger partial charge is 0.417 e. The van der Waals surface area contributed by atoms with E-state index in [2.05, 4.69) is 9.71 Å². The van der Waals surface area contributed by atoms with Gasteiger partial charge in [-0.1, -0.05) is 12.1 Å². The zero-order valence-electron chi connectivity index (χ0n) is 13.1. The second-order valence-corrected chi connectivity index (χ2v) is 7.07. The Kier molecular flexibility index (Phi) is 4.16. The summed E-state index contributed by atoms with van der Waals surface area (Å²) < 4.78 is 37.4. The van der Waals surface area contributed by atoms with Gasteiger partial charge < -0.3 is 9.15 Å². The Morgan fingerprint density at radius 1 is 1.21 bits per heavy atom. The van der Waals surface area contributed by atoms with Gasteiger partial charge in [0.15, 0.2) is 5.58 Å². The minimum absolute atomic E-state index is 0.0305. The lowest BCUT2D eigenvalue weighted by Crippen LogP contribution is -2.23. The van der Waals surface area contributed by atoms with Crippen molar-refractivity contribution < 1.29 is 17.6 Å². The number of rotatable bonds is 5. The molecule has 126 valence electrons. The molecule has 0 aliphatic rings. The van der Waals surface area contributed by atoms with Gasteiger partial charge in [0, 0.05) is 12.6 Å². The fourth-order valence-corrected chi connectivity index (χ4v) is 3.44. The highest BCUT2D eigenvalue weighted by Crippen LogP contribution is 2.20. The molecule has 0 saturated heterocycles. The van der Waals surface area contributed by atoms with E-state index in [0.29, 0.717) is 5.52 Å². The van der Waals surface area contributed by atoms with Crippen molar-refractivity contribution in [3.05, 3.63) is 58.1 Å². The van der Waals surface area contributed by atoms with Gasteiger partial charge in [0.2, 0.25) is 10.0 Å². The molecule has 0 amide bonds. The third kappa shape index (κ3) is 3.19. The minimum atomic E-state index is -3.73. The van der Waals surface area contributed by atoms with Crippen LogP contribution in [-0.2, 0) is 16.6 Å². The second-order valence-electron chi connectivity index (χ2n) is 5.30. The number of nitrogens with one attached hydrogen (secondary N) is 2. The second kappa shape index (κ2) is 6.14. The van der Waals surface area contributed by atoms with Crippen molar-refractivity contribution in [1.82, 2.24) is 9.71 Å². The summed E-state index contributed by atoms with van der Waals surface area (Å²) in [5.74, 6) is 0.121. The van der Waals surface area contributed by atoms with Crippen LogP contribution in [0.3, 0.4) is 0 Å². The molecule has 0 atom stereocenters. The number of aromatic amines is 1. The van der Waals surface area contributed by atoms with Crippen LogP contribution in [0, 0.1) is 6.92 Å². The lowest BCUT2D eigenvalue weighted by Gasteiger charge is -2.09. The summed E-state index contributed by atoms with van der Waals surface area (Å²) in [5.41, 5.74) is 2.38. The number of methoxy groups -OCH3 is 1. The Balaban J connectivity index is 1.82. The van der Waals surface area contributed by atoms with Crippen LogP contribution in [0.25, 0.3) is 11.1 Å². The highest BCUT2D eigenvalue weighted by molar-refractivity contribution is 7.89. The Hall–Kier alpha value is -2.58. The molecule has 0 spiro atoms. The highest BCUT2D eigenvalue weighted by atomic mass is 32.2. The molecule has 0 bridgehead atoms. The third-order valence-electron chi connectivity index (χ3n) is 3.63. The number of aryl methyl sites for hydroxylation is 1. The quantitative estimate of drug-likeness (QED) is 0.733. The van der Waals surface area contributed by atoms with Crippen LogP contribution < -0.4 is 15.2 Å². The fourth-order valence-electron chi connectivity index (χ4n) is 2.41. The van der Waals surface area contributed by atoms with E-state index >= 15 is 0 Å². The molecule has 3 aromatic rings. The van der Waals surface area contributed by atoms with Crippen LogP contribution in [0.2, 0.25) is 0 Å². The van der Waals surface area contributed by atoms with Gasteiger partial charge in [0.05, 0.1) is 17.5 Å². The molecule has 1 aromatic heterocycles. The first-order valence-electron chi connectivity index (χ1n) is 7.15. The minimum Gasteiger partial charge on any atom is -0.496 e. The first-order valence-corrected chi connectivity index (χ1v) is 8.63. The summed E-state index contributed by atoms with van der Waals surface area (Å²) in [6.45, 7) is 2.03. The van der Waals surface area contributed by atoms with Crippen molar-refractivity contribution in [2.24, 2.45) is 0 Å². The molecule has 8 heteroatoms. The zero-order chi connectivity index (χ0) is 17.3. The number of hydrogen-bond acceptors (Lipinski definition) is 5. The van der Waals surface area contributed by atoms with E-state index in [1.807, 2.05) is 13.0 Å². The summed E-state index contributed by atoms with van der Waals surface area (Å²) in [4.78, 5) is 13.6. The van der Waals surface area contributed by atoms with E-state index in [0.717, 1.165) is 16.9 Å². The molecule has 0 fully saturated rings. The number of ether oxygens (including phenoxy) is 1. The molecule has 3 rings (SSSR count). The zero-order valence-corrected chi connectivity index (χ0v) is 13.9. The van der Waals surface area contributed by atoms with Gasteiger partial charge in [-0.25, -0.2) is 17.9 Å². The molecule has 0 aliphatic heterocycles. The van der Waals surface area contributed by atoms with Crippen LogP contribution in [0.1, 0.15) is 11.1 Å². The molecule has 1 heterocycles. The molecule has 0 saturated carbocycles. The van der Waals surface area contributed by atoms with Gasteiger partial charge >= 0.3 is 5.76 Å². The average Bonchev–Trinajstić information content (AvgIpc) is 2.92. The maximum atomic E-state index is 12.4. The van der Waals surface area contributed by atoms with Crippen molar-refractivity contribution in [3.8, 4) is 5.75 Å². The Bertz CT molecular complexity index is 1050. The van der Waals surface area contributed by atoms with Gasteiger partial charge in [0.25, 0.3) is 0 Å². The maximum Gasteiger partial charge on any atom is 0.417 e. The summed E-state index contributed by atoms with van der Waals surface area (Å²) >= 11 is 0. The number of hydrogen-bond donors (Lipinski definition) is 2. The first-order chi connectivity index (χ1) is 11.4. The van der Waals surface area contributed by atoms with Crippen LogP contribution in [-0.4, -0.2) is 20.5 Å². The lowest BCUT2D eigenvalue weighted by atomic mass is 10.1. The lowest BCUT2D eigenvalue weighted by molar-refractivity contribution is 0.411. The number of oxazole rings is 1. The van der Waals surface area contributed by atoms with Gasteiger partial charge in [-0.2, -0.15) is 0 Å². The summed E-state index contributed by atoms with van der Waals surface area (Å²) in [6.07, 6.45) is 0. The van der Waals surface area contributed by atoms with Crippen molar-refractivity contribution in [3.63, 3.8) is 0 Å². The van der Waals surface area contributed by atoms with E-state index in [1.165, 1.54) is 18.2 Å². The van der Waals surface area contributed by atoms with Gasteiger partial charge in [-0.3, -0.25) is 4.98 Å². The Morgan fingerprint density at radius 2 is 2.00 bits per heavy atom. The van der Waals surface area contributed by atoms with Gasteiger partial charge in [-0.15, -0.1) is 0 Å². The van der Waals surface area contributed by atoms with Crippen molar-refractivity contribution in [2.75, 3.05) is 7.11 Å². The van der Waals surface area contributed by atoms with Crippen LogP contribution in [0.4, 0.5) is 0 Å². The van der Waals surface area contributed by atoms with E-state index in [4.69, 9.17) is 9.15 Å². The molecule has 0 unspecified atom stereocenters. The molecule has 2 N–H and O–H groups in total. The predicted octanol–water partition coefficient (Wildman–Crippen LogP) is 1.92. The van der Waals surface area contributed by atoms with E-state index in [-0.39, 0.29) is 17.0 Å². The summed E-state index contributed by atoms with van der Waals surface area (Å²) in [7, 11) is -2.14. The molecular weight excluding hydrogens is 332 g/mol. The SMILES string of the molecule is COc1ccc(CNS(=O)(=O)c2ccc3[nH]c(=O)oc3c2)cc1C. The monoisotopic (exact) mass is 348 g/mol. The molecule has 0 radical (unpaired) electrons. The number of H-pyrrole nitrogens is 1. The van der Waals surface area contributed by atoms with Gasteiger partial charge in [0.1, 0.15) is 5.75 Å². The number of aromatic nitrogens is 1. The summed E-state index contributed by atoms with van der Waals surface area (Å²) in [5, 5.41) is 0. The Labute approximate surface area is 138 Å². The predicted molar refractivity (Wildman–Crippen MR) is 88.6 cm³/mol. The largest absolute Gasteiger partial charge is 0.496 e. The van der Waals surface area contributed by atoms with Gasteiger partial charge in [-0.05, 0) is 36.2 Å². The van der Waals surface area contributed by atoms with Crippen LogP contribution >= 0.6 is 0 Å². The van der Waals surface area contributed by atoms with E-state index in [1.54, 1.807) is 19.2 Å². The standard InChI is InChI=1S/C16H16N2O5S/c1-10-7-11(3-6-14(10)22-2)9-17-24(20,21)12-4-5-13-15(8-12)23-16(19)18-13/h3-8,17H,9H2,1-2H3,(H,18,19). The maximum absolute atomic E-state index is 12.4. The van der Waals surface area contributed by atoms with Crippen molar-refractivity contribution >= 4 is 21.1 Å². The van der Waals surface area contributed by atoms with E-state index in [9.17, 15) is 13.2 Å². The molecule has 7 nitrogen and oxygen atoms in total.